The van der Waals surface area contributed by atoms with Gasteiger partial charge in [0, 0.05) is 18.7 Å². The van der Waals surface area contributed by atoms with Gasteiger partial charge in [0.15, 0.2) is 0 Å². The van der Waals surface area contributed by atoms with Crippen LogP contribution in [0.3, 0.4) is 0 Å². The van der Waals surface area contributed by atoms with Gasteiger partial charge in [-0.25, -0.2) is 0 Å². The summed E-state index contributed by atoms with van der Waals surface area (Å²) in [5.74, 6) is -0.116. The van der Waals surface area contributed by atoms with Crippen molar-refractivity contribution in [3.63, 3.8) is 0 Å². The van der Waals surface area contributed by atoms with Crippen LogP contribution in [0.1, 0.15) is 10.5 Å². The number of aliphatic hydroxyl groups excluding tert-OH is 1. The first-order valence-corrected chi connectivity index (χ1v) is 5.82. The number of amides is 1. The molecule has 0 bridgehead atoms. The molecule has 1 amide bonds. The smallest absolute Gasteiger partial charge is 0.272 e. The molecule has 18 heavy (non-hydrogen) atoms. The summed E-state index contributed by atoms with van der Waals surface area (Å²) in [7, 11) is 0. The summed E-state index contributed by atoms with van der Waals surface area (Å²) in [5, 5.41) is 16.1. The maximum absolute atomic E-state index is 12.0. The molecule has 1 aliphatic heterocycles. The molecule has 1 aliphatic rings. The lowest BCUT2D eigenvalue weighted by Crippen LogP contribution is -2.53. The van der Waals surface area contributed by atoms with Gasteiger partial charge in [-0.1, -0.05) is 30.3 Å². The minimum atomic E-state index is -0.384. The molecule has 1 aromatic carbocycles. The zero-order valence-corrected chi connectivity index (χ0v) is 9.71. The predicted octanol–water partition coefficient (Wildman–Crippen LogP) is 0.893. The second kappa shape index (κ2) is 4.27. The largest absolute Gasteiger partial charge is 0.389 e. The Morgan fingerprint density at radius 3 is 2.72 bits per heavy atom. The molecule has 2 aromatic rings. The number of β-amino-alcohol motifs (C(OH)–C–C–N with tert-alkyl or cyclic N) is 1. The molecule has 5 heteroatoms. The maximum atomic E-state index is 12.0. The molecule has 0 unspecified atom stereocenters. The normalized spacial score (nSPS) is 15.5. The molecule has 5 nitrogen and oxygen atoms in total. The van der Waals surface area contributed by atoms with Crippen LogP contribution < -0.4 is 0 Å². The van der Waals surface area contributed by atoms with E-state index in [2.05, 4.69) is 10.2 Å². The Hall–Kier alpha value is -2.14. The summed E-state index contributed by atoms with van der Waals surface area (Å²) in [4.78, 5) is 13.6. The van der Waals surface area contributed by atoms with Crippen LogP contribution in [0, 0.1) is 0 Å². The zero-order valence-electron chi connectivity index (χ0n) is 9.71. The van der Waals surface area contributed by atoms with Gasteiger partial charge in [0.2, 0.25) is 0 Å². The van der Waals surface area contributed by atoms with Gasteiger partial charge in [-0.15, -0.1) is 0 Å². The lowest BCUT2D eigenvalue weighted by atomic mass is 10.1. The minimum Gasteiger partial charge on any atom is -0.389 e. The molecule has 1 aromatic heterocycles. The SMILES string of the molecule is O=C(c1cc(-c2ccccc2)n[nH]1)N1CC(O)C1. The van der Waals surface area contributed by atoms with Crippen molar-refractivity contribution in [1.29, 1.82) is 0 Å². The van der Waals surface area contributed by atoms with Gasteiger partial charge in [0.05, 0.1) is 11.8 Å². The van der Waals surface area contributed by atoms with E-state index in [4.69, 9.17) is 0 Å². The Morgan fingerprint density at radius 1 is 1.33 bits per heavy atom. The second-order valence-electron chi connectivity index (χ2n) is 4.40. The van der Waals surface area contributed by atoms with Gasteiger partial charge in [-0.2, -0.15) is 5.10 Å². The number of rotatable bonds is 2. The van der Waals surface area contributed by atoms with E-state index in [1.54, 1.807) is 11.0 Å². The summed E-state index contributed by atoms with van der Waals surface area (Å²) in [6, 6.07) is 11.4. The third-order valence-electron chi connectivity index (χ3n) is 3.03. The lowest BCUT2D eigenvalue weighted by Gasteiger charge is -2.35. The fourth-order valence-electron chi connectivity index (χ4n) is 1.98. The number of aromatic amines is 1. The van der Waals surface area contributed by atoms with Crippen LogP contribution in [0.25, 0.3) is 11.3 Å². The first-order chi connectivity index (χ1) is 8.74. The summed E-state index contributed by atoms with van der Waals surface area (Å²) < 4.78 is 0. The zero-order chi connectivity index (χ0) is 12.5. The Labute approximate surface area is 104 Å². The van der Waals surface area contributed by atoms with Crippen molar-refractivity contribution in [2.24, 2.45) is 0 Å². The van der Waals surface area contributed by atoms with Crippen LogP contribution in [0.4, 0.5) is 0 Å². The van der Waals surface area contributed by atoms with Crippen LogP contribution >= 0.6 is 0 Å². The Balaban J connectivity index is 1.80. The average Bonchev–Trinajstić information content (AvgIpc) is 2.85. The van der Waals surface area contributed by atoms with E-state index in [9.17, 15) is 9.90 Å². The van der Waals surface area contributed by atoms with Crippen LogP contribution in [0.15, 0.2) is 36.4 Å². The maximum Gasteiger partial charge on any atom is 0.272 e. The Morgan fingerprint density at radius 2 is 2.06 bits per heavy atom. The molecule has 92 valence electrons. The van der Waals surface area contributed by atoms with Crippen molar-refractivity contribution in [2.75, 3.05) is 13.1 Å². The van der Waals surface area contributed by atoms with Crippen molar-refractivity contribution in [3.05, 3.63) is 42.1 Å². The molecule has 2 N–H and O–H groups in total. The third-order valence-corrected chi connectivity index (χ3v) is 3.03. The highest BCUT2D eigenvalue weighted by Crippen LogP contribution is 2.19. The molecule has 2 heterocycles. The monoisotopic (exact) mass is 243 g/mol. The number of carbonyl (C=O) groups is 1. The van der Waals surface area contributed by atoms with Crippen molar-refractivity contribution >= 4 is 5.91 Å². The quantitative estimate of drug-likeness (QED) is 0.823. The molecule has 1 fully saturated rings. The summed E-state index contributed by atoms with van der Waals surface area (Å²) in [6.07, 6.45) is -0.384. The summed E-state index contributed by atoms with van der Waals surface area (Å²) >= 11 is 0. The second-order valence-corrected chi connectivity index (χ2v) is 4.40. The summed E-state index contributed by atoms with van der Waals surface area (Å²) in [5.41, 5.74) is 2.18. The average molecular weight is 243 g/mol. The van der Waals surface area contributed by atoms with E-state index < -0.39 is 0 Å². The van der Waals surface area contributed by atoms with Crippen LogP contribution in [-0.2, 0) is 0 Å². The van der Waals surface area contributed by atoms with Crippen molar-refractivity contribution in [1.82, 2.24) is 15.1 Å². The number of aliphatic hydroxyl groups is 1. The molecule has 0 aliphatic carbocycles. The van der Waals surface area contributed by atoms with Gasteiger partial charge >= 0.3 is 0 Å². The van der Waals surface area contributed by atoms with E-state index in [0.717, 1.165) is 11.3 Å². The standard InChI is InChI=1S/C13H13N3O2/c17-10-7-16(8-10)13(18)12-6-11(14-15-12)9-4-2-1-3-5-9/h1-6,10,17H,7-8H2,(H,14,15). The highest BCUT2D eigenvalue weighted by Gasteiger charge is 2.30. The highest BCUT2D eigenvalue weighted by molar-refractivity contribution is 5.94. The highest BCUT2D eigenvalue weighted by atomic mass is 16.3. The van der Waals surface area contributed by atoms with Crippen LogP contribution in [0.2, 0.25) is 0 Å². The number of likely N-dealkylation sites (tertiary alicyclic amines) is 1. The van der Waals surface area contributed by atoms with E-state index in [-0.39, 0.29) is 12.0 Å². The molecule has 3 rings (SSSR count). The topological polar surface area (TPSA) is 69.2 Å². The number of nitrogens with zero attached hydrogens (tertiary/aromatic N) is 2. The van der Waals surface area contributed by atoms with Gasteiger partial charge in [0.25, 0.3) is 5.91 Å². The first-order valence-electron chi connectivity index (χ1n) is 5.82. The van der Waals surface area contributed by atoms with E-state index in [1.807, 2.05) is 30.3 Å². The molecular formula is C13H13N3O2. The van der Waals surface area contributed by atoms with Gasteiger partial charge in [-0.3, -0.25) is 9.89 Å². The number of carbonyl (C=O) groups excluding carboxylic acids is 1. The molecule has 1 saturated heterocycles. The molecule has 0 atom stereocenters. The fraction of sp³-hybridized carbons (Fsp3) is 0.231. The van der Waals surface area contributed by atoms with E-state index in [1.165, 1.54) is 0 Å². The summed E-state index contributed by atoms with van der Waals surface area (Å²) in [6.45, 7) is 0.803. The first kappa shape index (κ1) is 11.0. The number of hydrogen-bond donors (Lipinski definition) is 2. The molecule has 0 saturated carbocycles. The Kier molecular flexibility index (Phi) is 2.60. The number of nitrogens with one attached hydrogen (secondary N) is 1. The lowest BCUT2D eigenvalue weighted by molar-refractivity contribution is 0.00550. The number of benzene rings is 1. The van der Waals surface area contributed by atoms with Crippen molar-refractivity contribution < 1.29 is 9.90 Å². The van der Waals surface area contributed by atoms with Crippen molar-refractivity contribution in [2.45, 2.75) is 6.10 Å². The van der Waals surface area contributed by atoms with Crippen LogP contribution in [-0.4, -0.2) is 45.3 Å². The van der Waals surface area contributed by atoms with Gasteiger partial charge in [-0.05, 0) is 6.07 Å². The van der Waals surface area contributed by atoms with Crippen LogP contribution in [0.5, 0.6) is 0 Å². The number of aromatic nitrogens is 2. The Bertz CT molecular complexity index is 559. The number of hydrogen-bond acceptors (Lipinski definition) is 3. The molecular weight excluding hydrogens is 230 g/mol. The third kappa shape index (κ3) is 1.89. The van der Waals surface area contributed by atoms with Gasteiger partial charge in [0.1, 0.15) is 5.69 Å². The molecule has 0 spiro atoms. The van der Waals surface area contributed by atoms with Gasteiger partial charge < -0.3 is 10.0 Å². The minimum absolute atomic E-state index is 0.116. The molecule has 0 radical (unpaired) electrons. The number of H-pyrrole nitrogens is 1. The fourth-order valence-corrected chi connectivity index (χ4v) is 1.98. The predicted molar refractivity (Wildman–Crippen MR) is 65.9 cm³/mol. The van der Waals surface area contributed by atoms with Crippen molar-refractivity contribution in [3.8, 4) is 11.3 Å². The van der Waals surface area contributed by atoms with E-state index in [0.29, 0.717) is 18.8 Å². The van der Waals surface area contributed by atoms with E-state index >= 15 is 0 Å².